The van der Waals surface area contributed by atoms with E-state index in [0.29, 0.717) is 24.3 Å². The van der Waals surface area contributed by atoms with Gasteiger partial charge in [-0.2, -0.15) is 0 Å². The van der Waals surface area contributed by atoms with Gasteiger partial charge in [-0.25, -0.2) is 0 Å². The summed E-state index contributed by atoms with van der Waals surface area (Å²) in [6, 6.07) is 4.56. The number of nitro groups is 1. The predicted molar refractivity (Wildman–Crippen MR) is 93.8 cm³/mol. The highest BCUT2D eigenvalue weighted by Gasteiger charge is 2.40. The average Bonchev–Trinajstić information content (AvgIpc) is 2.60. The molecule has 0 saturated carbocycles. The number of hydrogen-bond donors (Lipinski definition) is 0. The molecule has 1 aliphatic heterocycles. The Kier molecular flexibility index (Phi) is 5.45. The van der Waals surface area contributed by atoms with Crippen molar-refractivity contribution < 1.29 is 19.2 Å². The molecule has 0 radical (unpaired) electrons. The van der Waals surface area contributed by atoms with E-state index in [1.807, 2.05) is 18.7 Å². The Morgan fingerprint density at radius 3 is 2.60 bits per heavy atom. The molecule has 0 amide bonds. The number of benzene rings is 1. The average molecular weight is 348 g/mol. The standard InChI is InChI=1S/C18H24N2O5/c1-12(21)13-7-8-15(16(10-13)20(23)24)19-9-5-6-14(11-19)18(2,3)17(22)25-4/h7-8,10,14H,5-6,9,11H2,1-4H3. The molecule has 1 unspecified atom stereocenters. The van der Waals surface area contributed by atoms with Gasteiger partial charge in [0.2, 0.25) is 0 Å². The van der Waals surface area contributed by atoms with Gasteiger partial charge in [-0.05, 0) is 51.7 Å². The van der Waals surface area contributed by atoms with Gasteiger partial charge in [0.15, 0.2) is 5.78 Å². The highest BCUT2D eigenvalue weighted by molar-refractivity contribution is 5.95. The molecule has 136 valence electrons. The monoisotopic (exact) mass is 348 g/mol. The number of rotatable bonds is 5. The fraction of sp³-hybridized carbons (Fsp3) is 0.556. The number of anilines is 1. The van der Waals surface area contributed by atoms with Gasteiger partial charge in [0.05, 0.1) is 17.4 Å². The van der Waals surface area contributed by atoms with Crippen LogP contribution in [0.4, 0.5) is 11.4 Å². The van der Waals surface area contributed by atoms with Crippen molar-refractivity contribution in [1.29, 1.82) is 0 Å². The maximum atomic E-state index is 12.1. The first-order chi connectivity index (χ1) is 11.7. The van der Waals surface area contributed by atoms with Gasteiger partial charge < -0.3 is 9.64 Å². The Hall–Kier alpha value is -2.44. The second-order valence-corrected chi connectivity index (χ2v) is 7.02. The SMILES string of the molecule is COC(=O)C(C)(C)C1CCCN(c2ccc(C(C)=O)cc2[N+](=O)[O-])C1. The summed E-state index contributed by atoms with van der Waals surface area (Å²) < 4.78 is 4.91. The van der Waals surface area contributed by atoms with E-state index >= 15 is 0 Å². The van der Waals surface area contributed by atoms with Gasteiger partial charge in [0.1, 0.15) is 5.69 Å². The maximum absolute atomic E-state index is 12.1. The van der Waals surface area contributed by atoms with Crippen molar-refractivity contribution >= 4 is 23.1 Å². The number of nitro benzene ring substituents is 1. The number of ketones is 1. The number of piperidine rings is 1. The third-order valence-corrected chi connectivity index (χ3v) is 5.07. The van der Waals surface area contributed by atoms with Crippen LogP contribution in [0.5, 0.6) is 0 Å². The van der Waals surface area contributed by atoms with Crippen LogP contribution >= 0.6 is 0 Å². The number of carbonyl (C=O) groups excluding carboxylic acids is 2. The molecule has 7 nitrogen and oxygen atoms in total. The molecule has 1 atom stereocenters. The molecule has 1 fully saturated rings. The lowest BCUT2D eigenvalue weighted by atomic mass is 9.74. The second kappa shape index (κ2) is 7.21. The number of carbonyl (C=O) groups is 2. The molecule has 1 heterocycles. The minimum absolute atomic E-state index is 0.0285. The first-order valence-electron chi connectivity index (χ1n) is 8.31. The van der Waals surface area contributed by atoms with Crippen molar-refractivity contribution in [3.05, 3.63) is 33.9 Å². The van der Waals surface area contributed by atoms with E-state index in [9.17, 15) is 19.7 Å². The summed E-state index contributed by atoms with van der Waals surface area (Å²) in [5, 5.41) is 11.5. The summed E-state index contributed by atoms with van der Waals surface area (Å²) >= 11 is 0. The minimum Gasteiger partial charge on any atom is -0.469 e. The molecule has 2 rings (SSSR count). The van der Waals surface area contributed by atoms with E-state index < -0.39 is 10.3 Å². The van der Waals surface area contributed by atoms with Gasteiger partial charge in [0.25, 0.3) is 5.69 Å². The molecule has 0 aliphatic carbocycles. The zero-order chi connectivity index (χ0) is 18.8. The van der Waals surface area contributed by atoms with Crippen molar-refractivity contribution in [2.45, 2.75) is 33.6 Å². The molecule has 1 aromatic rings. The minimum atomic E-state index is -0.665. The summed E-state index contributed by atoms with van der Waals surface area (Å²) in [6.07, 6.45) is 1.69. The highest BCUT2D eigenvalue weighted by atomic mass is 16.6. The molecule has 0 aromatic heterocycles. The van der Waals surface area contributed by atoms with Crippen LogP contribution in [-0.2, 0) is 9.53 Å². The maximum Gasteiger partial charge on any atom is 0.311 e. The van der Waals surface area contributed by atoms with E-state index in [1.165, 1.54) is 20.1 Å². The molecule has 0 N–H and O–H groups in total. The summed E-state index contributed by atoms with van der Waals surface area (Å²) in [6.45, 7) is 6.28. The number of nitrogens with zero attached hydrogens (tertiary/aromatic N) is 2. The molecular weight excluding hydrogens is 324 g/mol. The van der Waals surface area contributed by atoms with E-state index in [-0.39, 0.29) is 23.4 Å². The lowest BCUT2D eigenvalue weighted by Crippen LogP contribution is -2.45. The largest absolute Gasteiger partial charge is 0.469 e. The first-order valence-corrected chi connectivity index (χ1v) is 8.31. The molecule has 0 bridgehead atoms. The summed E-state index contributed by atoms with van der Waals surface area (Å²) in [7, 11) is 1.37. The quantitative estimate of drug-likeness (QED) is 0.351. The van der Waals surface area contributed by atoms with Crippen molar-refractivity contribution in [3.8, 4) is 0 Å². The van der Waals surface area contributed by atoms with Gasteiger partial charge in [-0.1, -0.05) is 0 Å². The van der Waals surface area contributed by atoms with Crippen LogP contribution in [0.1, 0.15) is 44.0 Å². The number of esters is 1. The van der Waals surface area contributed by atoms with Crippen LogP contribution in [-0.4, -0.2) is 36.9 Å². The lowest BCUT2D eigenvalue weighted by molar-refractivity contribution is -0.384. The number of Topliss-reactive ketones (excluding diaryl/α,β-unsaturated/α-hetero) is 1. The number of methoxy groups -OCH3 is 1. The van der Waals surface area contributed by atoms with E-state index in [4.69, 9.17) is 4.74 Å². The number of ether oxygens (including phenoxy) is 1. The normalized spacial score (nSPS) is 17.9. The van der Waals surface area contributed by atoms with Crippen LogP contribution < -0.4 is 4.90 Å². The third kappa shape index (κ3) is 3.81. The van der Waals surface area contributed by atoms with Gasteiger partial charge >= 0.3 is 5.97 Å². The topological polar surface area (TPSA) is 89.8 Å². The van der Waals surface area contributed by atoms with Crippen molar-refractivity contribution in [3.63, 3.8) is 0 Å². The molecule has 0 spiro atoms. The zero-order valence-corrected chi connectivity index (χ0v) is 15.1. The Morgan fingerprint density at radius 1 is 1.36 bits per heavy atom. The van der Waals surface area contributed by atoms with Crippen LogP contribution in [0.25, 0.3) is 0 Å². The van der Waals surface area contributed by atoms with Crippen LogP contribution in [0.2, 0.25) is 0 Å². The fourth-order valence-corrected chi connectivity index (χ4v) is 3.37. The van der Waals surface area contributed by atoms with E-state index in [2.05, 4.69) is 0 Å². The Bertz CT molecular complexity index is 699. The molecular formula is C18H24N2O5. The molecule has 7 heteroatoms. The summed E-state index contributed by atoms with van der Waals surface area (Å²) in [5.41, 5.74) is 0.0603. The Balaban J connectivity index is 2.34. The third-order valence-electron chi connectivity index (χ3n) is 5.07. The van der Waals surface area contributed by atoms with Crippen LogP contribution in [0, 0.1) is 21.4 Å². The van der Waals surface area contributed by atoms with Gasteiger partial charge in [-0.15, -0.1) is 0 Å². The van der Waals surface area contributed by atoms with Gasteiger partial charge in [0, 0.05) is 24.7 Å². The summed E-state index contributed by atoms with van der Waals surface area (Å²) in [5.74, 6) is -0.459. The lowest BCUT2D eigenvalue weighted by Gasteiger charge is -2.40. The Morgan fingerprint density at radius 2 is 2.04 bits per heavy atom. The predicted octanol–water partition coefficient (Wildman–Crippen LogP) is 3.21. The Labute approximate surface area is 147 Å². The van der Waals surface area contributed by atoms with E-state index in [0.717, 1.165) is 12.8 Å². The zero-order valence-electron chi connectivity index (χ0n) is 15.1. The van der Waals surface area contributed by atoms with Crippen LogP contribution in [0.3, 0.4) is 0 Å². The van der Waals surface area contributed by atoms with Crippen LogP contribution in [0.15, 0.2) is 18.2 Å². The molecule has 1 saturated heterocycles. The fourth-order valence-electron chi connectivity index (χ4n) is 3.37. The molecule has 1 aromatic carbocycles. The second-order valence-electron chi connectivity index (χ2n) is 7.02. The number of hydrogen-bond acceptors (Lipinski definition) is 6. The first kappa shape index (κ1) is 18.9. The molecule has 25 heavy (non-hydrogen) atoms. The highest BCUT2D eigenvalue weighted by Crippen LogP contribution is 2.39. The summed E-state index contributed by atoms with van der Waals surface area (Å²) in [4.78, 5) is 36.5. The van der Waals surface area contributed by atoms with Crippen molar-refractivity contribution in [2.75, 3.05) is 25.1 Å². The van der Waals surface area contributed by atoms with Gasteiger partial charge in [-0.3, -0.25) is 19.7 Å². The van der Waals surface area contributed by atoms with Crippen molar-refractivity contribution in [2.24, 2.45) is 11.3 Å². The smallest absolute Gasteiger partial charge is 0.311 e. The van der Waals surface area contributed by atoms with E-state index in [1.54, 1.807) is 12.1 Å². The molecule has 1 aliphatic rings. The van der Waals surface area contributed by atoms with Crippen molar-refractivity contribution in [1.82, 2.24) is 0 Å².